The summed E-state index contributed by atoms with van der Waals surface area (Å²) in [6.07, 6.45) is 3.92. The zero-order valence-electron chi connectivity index (χ0n) is 12.4. The first-order chi connectivity index (χ1) is 9.71. The number of halogens is 4. The highest BCUT2D eigenvalue weighted by Crippen LogP contribution is 2.81. The van der Waals surface area contributed by atoms with E-state index < -0.39 is 14.0 Å². The first-order valence-corrected chi connectivity index (χ1v) is 10.6. The van der Waals surface area contributed by atoms with Crippen LogP contribution in [-0.2, 0) is 0 Å². The Kier molecular flexibility index (Phi) is 4.84. The van der Waals surface area contributed by atoms with Gasteiger partial charge in [-0.05, 0) is 70.2 Å². The Hall–Kier alpha value is -0.420. The predicted molar refractivity (Wildman–Crippen MR) is 88.9 cm³/mol. The van der Waals surface area contributed by atoms with Crippen molar-refractivity contribution in [3.05, 3.63) is 34.2 Å². The fourth-order valence-electron chi connectivity index (χ4n) is 2.51. The minimum Gasteiger partial charge on any atom is -0.160 e. The van der Waals surface area contributed by atoms with Crippen LogP contribution >= 0.6 is 23.3 Å². The Bertz CT molecular complexity index is 563. The summed E-state index contributed by atoms with van der Waals surface area (Å²) >= 11 is 3.14. The molecule has 0 radical (unpaired) electrons. The van der Waals surface area contributed by atoms with Gasteiger partial charge in [-0.2, -0.15) is 13.2 Å². The van der Waals surface area contributed by atoms with E-state index in [1.807, 2.05) is 32.9 Å². The summed E-state index contributed by atoms with van der Waals surface area (Å²) in [6.45, 7) is 6.00. The van der Waals surface area contributed by atoms with Gasteiger partial charge in [-0.1, -0.05) is 39.3 Å². The van der Waals surface area contributed by atoms with Crippen molar-refractivity contribution in [3.63, 3.8) is 0 Å². The van der Waals surface area contributed by atoms with Gasteiger partial charge in [-0.3, -0.25) is 0 Å². The highest BCUT2D eigenvalue weighted by atomic mass is 79.9. The minimum atomic E-state index is -4.26. The topological polar surface area (TPSA) is 0 Å². The molecule has 118 valence electrons. The third-order valence-electron chi connectivity index (χ3n) is 3.78. The Morgan fingerprint density at radius 3 is 2.43 bits per heavy atom. The Balaban J connectivity index is 2.54. The second-order valence-corrected chi connectivity index (χ2v) is 11.1. The summed E-state index contributed by atoms with van der Waals surface area (Å²) in [6, 6.07) is 5.51. The van der Waals surface area contributed by atoms with Gasteiger partial charge in [0.1, 0.15) is 0 Å². The van der Waals surface area contributed by atoms with Gasteiger partial charge >= 0.3 is 5.51 Å². The lowest BCUT2D eigenvalue weighted by molar-refractivity contribution is -0.0355. The van der Waals surface area contributed by atoms with Gasteiger partial charge in [0, 0.05) is 4.90 Å². The molecule has 0 aromatic heterocycles. The Labute approximate surface area is 133 Å². The molecule has 2 rings (SSSR count). The quantitative estimate of drug-likeness (QED) is 0.512. The molecule has 0 saturated heterocycles. The second kappa shape index (κ2) is 5.99. The number of unbranched alkanes of at least 4 members (excludes halogenated alkanes) is 1. The van der Waals surface area contributed by atoms with Crippen LogP contribution in [0.2, 0.25) is 0 Å². The first kappa shape index (κ1) is 16.9. The molecule has 1 unspecified atom stereocenters. The third-order valence-corrected chi connectivity index (χ3v) is 9.82. The van der Waals surface area contributed by atoms with E-state index in [1.165, 1.54) is 0 Å². The van der Waals surface area contributed by atoms with E-state index in [2.05, 4.69) is 14.8 Å². The number of hydrogen-bond acceptors (Lipinski definition) is 0. The SMILES string of the molecule is CCCCC1=Cc2ccc(C(C)C)cc2S1(Br)C(F)(F)F. The van der Waals surface area contributed by atoms with Gasteiger partial charge < -0.3 is 0 Å². The molecule has 1 heterocycles. The maximum atomic E-state index is 13.8. The van der Waals surface area contributed by atoms with E-state index in [1.54, 1.807) is 12.1 Å². The van der Waals surface area contributed by atoms with E-state index in [0.29, 0.717) is 16.2 Å². The molecule has 1 aromatic carbocycles. The van der Waals surface area contributed by atoms with Gasteiger partial charge in [0.05, 0.1) is 0 Å². The molecule has 0 aliphatic carbocycles. The van der Waals surface area contributed by atoms with Crippen LogP contribution in [0, 0.1) is 0 Å². The van der Waals surface area contributed by atoms with Gasteiger partial charge in [-0.15, -0.1) is 0 Å². The zero-order chi connectivity index (χ0) is 15.8. The molecule has 1 aliphatic heterocycles. The van der Waals surface area contributed by atoms with Crippen molar-refractivity contribution >= 4 is 29.4 Å². The third kappa shape index (κ3) is 2.91. The van der Waals surface area contributed by atoms with Crippen LogP contribution in [0.15, 0.2) is 28.0 Å². The van der Waals surface area contributed by atoms with E-state index in [0.717, 1.165) is 24.0 Å². The number of benzene rings is 1. The average Bonchev–Trinajstić information content (AvgIpc) is 2.69. The van der Waals surface area contributed by atoms with E-state index in [4.69, 9.17) is 0 Å². The maximum Gasteiger partial charge on any atom is 0.442 e. The Morgan fingerprint density at radius 1 is 1.24 bits per heavy atom. The molecule has 0 nitrogen and oxygen atoms in total. The number of hydrogen-bond donors (Lipinski definition) is 0. The summed E-state index contributed by atoms with van der Waals surface area (Å²) in [5, 5.41) is 0. The standard InChI is InChI=1S/C16H20BrF3S/c1-4-5-6-14-9-13-8-7-12(11(2)3)10-15(13)21(14,17)16(18,19)20/h7-11H,4-6H2,1-3H3. The summed E-state index contributed by atoms with van der Waals surface area (Å²) < 4.78 is 41.3. The van der Waals surface area contributed by atoms with Crippen LogP contribution in [0.1, 0.15) is 57.1 Å². The van der Waals surface area contributed by atoms with Crippen LogP contribution < -0.4 is 0 Å². The molecule has 0 bridgehead atoms. The molecule has 5 heteroatoms. The minimum absolute atomic E-state index is 0.222. The largest absolute Gasteiger partial charge is 0.442 e. The first-order valence-electron chi connectivity index (χ1n) is 7.15. The van der Waals surface area contributed by atoms with Crippen LogP contribution in [-0.4, -0.2) is 5.51 Å². The van der Waals surface area contributed by atoms with Crippen molar-refractivity contribution in [2.24, 2.45) is 0 Å². The summed E-state index contributed by atoms with van der Waals surface area (Å²) in [5.41, 5.74) is -2.58. The van der Waals surface area contributed by atoms with Crippen molar-refractivity contribution < 1.29 is 13.2 Å². The summed E-state index contributed by atoms with van der Waals surface area (Å²) in [5.74, 6) is 0.222. The van der Waals surface area contributed by atoms with E-state index in [9.17, 15) is 13.2 Å². The van der Waals surface area contributed by atoms with E-state index >= 15 is 0 Å². The van der Waals surface area contributed by atoms with Gasteiger partial charge in [0.15, 0.2) is 0 Å². The van der Waals surface area contributed by atoms with Crippen molar-refractivity contribution in [1.82, 2.24) is 0 Å². The number of allylic oxidation sites excluding steroid dienone is 1. The summed E-state index contributed by atoms with van der Waals surface area (Å²) in [4.78, 5) is 0.931. The van der Waals surface area contributed by atoms with Crippen molar-refractivity contribution in [2.75, 3.05) is 0 Å². The molecule has 1 atom stereocenters. The summed E-state index contributed by atoms with van der Waals surface area (Å²) in [7, 11) is -3.07. The molecule has 21 heavy (non-hydrogen) atoms. The van der Waals surface area contributed by atoms with Crippen LogP contribution in [0.4, 0.5) is 13.2 Å². The normalized spacial score (nSPS) is 24.7. The van der Waals surface area contributed by atoms with Gasteiger partial charge in [0.2, 0.25) is 0 Å². The zero-order valence-corrected chi connectivity index (χ0v) is 14.8. The van der Waals surface area contributed by atoms with Crippen LogP contribution in [0.5, 0.6) is 0 Å². The van der Waals surface area contributed by atoms with Crippen LogP contribution in [0.25, 0.3) is 6.08 Å². The molecule has 0 fully saturated rings. The smallest absolute Gasteiger partial charge is 0.160 e. The molecule has 1 aromatic rings. The van der Waals surface area contributed by atoms with Crippen LogP contribution in [0.3, 0.4) is 0 Å². The lowest BCUT2D eigenvalue weighted by atomic mass is 10.0. The van der Waals surface area contributed by atoms with E-state index in [-0.39, 0.29) is 5.92 Å². The highest BCUT2D eigenvalue weighted by Gasteiger charge is 2.55. The monoisotopic (exact) mass is 380 g/mol. The number of fused-ring (bicyclic) bond motifs is 1. The molecule has 0 N–H and O–H groups in total. The fourth-order valence-corrected chi connectivity index (χ4v) is 6.41. The van der Waals surface area contributed by atoms with Gasteiger partial charge in [-0.25, -0.2) is 0 Å². The number of rotatable bonds is 4. The number of alkyl halides is 3. The van der Waals surface area contributed by atoms with Crippen molar-refractivity contribution in [1.29, 1.82) is 0 Å². The molecular weight excluding hydrogens is 361 g/mol. The Morgan fingerprint density at radius 2 is 1.90 bits per heavy atom. The highest BCUT2D eigenvalue weighted by molar-refractivity contribution is 9.59. The molecule has 0 spiro atoms. The van der Waals surface area contributed by atoms with Gasteiger partial charge in [0.25, 0.3) is 0 Å². The molecule has 0 saturated carbocycles. The fraction of sp³-hybridized carbons (Fsp3) is 0.500. The maximum absolute atomic E-state index is 13.8. The lowest BCUT2D eigenvalue weighted by Gasteiger charge is -2.35. The molecule has 1 aliphatic rings. The van der Waals surface area contributed by atoms with Crippen molar-refractivity contribution in [2.45, 2.75) is 56.4 Å². The molecule has 0 amide bonds. The predicted octanol–water partition coefficient (Wildman–Crippen LogP) is 7.35. The lowest BCUT2D eigenvalue weighted by Crippen LogP contribution is -2.16. The van der Waals surface area contributed by atoms with Crippen molar-refractivity contribution in [3.8, 4) is 0 Å². The second-order valence-electron chi connectivity index (χ2n) is 5.65. The average molecular weight is 381 g/mol. The molecular formula is C16H20BrF3S.